The summed E-state index contributed by atoms with van der Waals surface area (Å²) in [5.41, 5.74) is 3.47. The van der Waals surface area contributed by atoms with Crippen LogP contribution in [0.25, 0.3) is 5.69 Å². The number of thioether (sulfide) groups is 1. The minimum atomic E-state index is -0.630. The number of anilines is 1. The summed E-state index contributed by atoms with van der Waals surface area (Å²) in [7, 11) is 0. The lowest BCUT2D eigenvalue weighted by Crippen LogP contribution is -2.25. The van der Waals surface area contributed by atoms with Crippen molar-refractivity contribution in [1.29, 1.82) is 0 Å². The van der Waals surface area contributed by atoms with Crippen LogP contribution in [0.3, 0.4) is 0 Å². The number of ether oxygens (including phenoxy) is 1. The number of thiophene rings is 1. The van der Waals surface area contributed by atoms with Gasteiger partial charge in [0.05, 0.1) is 24.0 Å². The fourth-order valence-electron chi connectivity index (χ4n) is 4.73. The molecule has 2 N–H and O–H groups in total. The number of nitrogens with zero attached hydrogens (tertiary/aromatic N) is 3. The molecule has 42 heavy (non-hydrogen) atoms. The Morgan fingerprint density at radius 2 is 1.93 bits per heavy atom. The van der Waals surface area contributed by atoms with Gasteiger partial charge in [0.1, 0.15) is 10.8 Å². The lowest BCUT2D eigenvalue weighted by molar-refractivity contribution is -0.115. The number of nitrogens with one attached hydrogen (secondary N) is 2. The normalized spacial score (nSPS) is 13.0. The molecule has 0 fully saturated rings. The zero-order valence-corrected chi connectivity index (χ0v) is 25.0. The molecule has 218 valence electrons. The second kappa shape index (κ2) is 12.9. The Kier molecular flexibility index (Phi) is 9.03. The van der Waals surface area contributed by atoms with Crippen molar-refractivity contribution in [1.82, 2.24) is 20.1 Å². The van der Waals surface area contributed by atoms with Crippen molar-refractivity contribution >= 4 is 45.9 Å². The highest BCUT2D eigenvalue weighted by molar-refractivity contribution is 8.00. The monoisotopic (exact) mass is 607 g/mol. The highest BCUT2D eigenvalue weighted by Gasteiger charge is 2.30. The van der Waals surface area contributed by atoms with E-state index in [9.17, 15) is 18.8 Å². The molecule has 1 aliphatic rings. The number of benzene rings is 2. The maximum atomic E-state index is 13.7. The maximum Gasteiger partial charge on any atom is 0.341 e. The van der Waals surface area contributed by atoms with E-state index >= 15 is 0 Å². The minimum Gasteiger partial charge on any atom is -0.462 e. The number of hydrogen-bond acceptors (Lipinski definition) is 8. The molecule has 0 unspecified atom stereocenters. The van der Waals surface area contributed by atoms with Gasteiger partial charge >= 0.3 is 5.97 Å². The van der Waals surface area contributed by atoms with Crippen LogP contribution in [0.4, 0.5) is 9.39 Å². The van der Waals surface area contributed by atoms with Crippen LogP contribution in [-0.4, -0.2) is 44.4 Å². The molecule has 1 atom stereocenters. The predicted molar refractivity (Wildman–Crippen MR) is 160 cm³/mol. The van der Waals surface area contributed by atoms with Crippen LogP contribution in [0.2, 0.25) is 0 Å². The molecule has 2 heterocycles. The smallest absolute Gasteiger partial charge is 0.341 e. The Bertz CT molecular complexity index is 1630. The van der Waals surface area contributed by atoms with E-state index in [4.69, 9.17) is 4.74 Å². The van der Waals surface area contributed by atoms with Crippen molar-refractivity contribution in [2.75, 3.05) is 11.9 Å². The van der Waals surface area contributed by atoms with Gasteiger partial charge in [0.25, 0.3) is 5.91 Å². The Labute approximate surface area is 250 Å². The second-order valence-electron chi connectivity index (χ2n) is 9.79. The number of amides is 2. The molecule has 5 rings (SSSR count). The van der Waals surface area contributed by atoms with Gasteiger partial charge in [-0.25, -0.2) is 9.18 Å². The summed E-state index contributed by atoms with van der Waals surface area (Å²) >= 11 is 2.58. The molecule has 12 heteroatoms. The average Bonchev–Trinajstić information content (AvgIpc) is 3.67. The largest absolute Gasteiger partial charge is 0.462 e. The van der Waals surface area contributed by atoms with Crippen LogP contribution < -0.4 is 10.6 Å². The molecule has 4 aromatic rings. The van der Waals surface area contributed by atoms with Gasteiger partial charge in [-0.05, 0) is 82.0 Å². The number of halogens is 1. The zero-order valence-electron chi connectivity index (χ0n) is 23.4. The number of aromatic nitrogens is 3. The van der Waals surface area contributed by atoms with E-state index in [1.54, 1.807) is 42.7 Å². The number of carbonyl (C=O) groups is 3. The van der Waals surface area contributed by atoms with Crippen molar-refractivity contribution in [3.05, 3.63) is 87.3 Å². The molecule has 2 aromatic heterocycles. The van der Waals surface area contributed by atoms with Crippen molar-refractivity contribution in [2.45, 2.75) is 57.0 Å². The van der Waals surface area contributed by atoms with Gasteiger partial charge in [-0.1, -0.05) is 29.5 Å². The van der Waals surface area contributed by atoms with E-state index in [1.807, 2.05) is 19.1 Å². The third kappa shape index (κ3) is 6.39. The van der Waals surface area contributed by atoms with Crippen LogP contribution >= 0.6 is 23.1 Å². The van der Waals surface area contributed by atoms with E-state index in [2.05, 4.69) is 20.8 Å². The Morgan fingerprint density at radius 1 is 1.14 bits per heavy atom. The quantitative estimate of drug-likeness (QED) is 0.181. The number of hydrogen-bond donors (Lipinski definition) is 2. The molecule has 0 spiro atoms. The fourth-order valence-corrected chi connectivity index (χ4v) is 6.89. The molecule has 0 bridgehead atoms. The van der Waals surface area contributed by atoms with Gasteiger partial charge in [0, 0.05) is 16.1 Å². The molecule has 2 aromatic carbocycles. The van der Waals surface area contributed by atoms with Gasteiger partial charge in [-0.3, -0.25) is 14.2 Å². The van der Waals surface area contributed by atoms with Crippen LogP contribution in [-0.2, 0) is 28.9 Å². The minimum absolute atomic E-state index is 0.0575. The van der Waals surface area contributed by atoms with Crippen molar-refractivity contribution in [3.8, 4) is 5.69 Å². The Balaban J connectivity index is 1.36. The van der Waals surface area contributed by atoms with E-state index in [1.165, 1.54) is 23.5 Å². The van der Waals surface area contributed by atoms with Crippen LogP contribution in [0, 0.1) is 12.7 Å². The molecular weight excluding hydrogens is 577 g/mol. The molecule has 0 aliphatic heterocycles. The molecule has 0 saturated heterocycles. The highest BCUT2D eigenvalue weighted by atomic mass is 32.2. The summed E-state index contributed by atoms with van der Waals surface area (Å²) in [4.78, 5) is 39.9. The Morgan fingerprint density at radius 3 is 2.67 bits per heavy atom. The van der Waals surface area contributed by atoms with Gasteiger partial charge < -0.3 is 15.4 Å². The molecule has 2 amide bonds. The predicted octanol–water partition coefficient (Wildman–Crippen LogP) is 5.49. The molecule has 1 aliphatic carbocycles. The van der Waals surface area contributed by atoms with E-state index in [0.717, 1.165) is 47.0 Å². The van der Waals surface area contributed by atoms with Gasteiger partial charge in [0.15, 0.2) is 11.0 Å². The van der Waals surface area contributed by atoms with Crippen molar-refractivity contribution < 1.29 is 23.5 Å². The summed E-state index contributed by atoms with van der Waals surface area (Å²) in [5.74, 6) is -0.996. The van der Waals surface area contributed by atoms with Crippen LogP contribution in [0.5, 0.6) is 0 Å². The summed E-state index contributed by atoms with van der Waals surface area (Å²) in [5, 5.41) is 14.6. The molecule has 0 saturated carbocycles. The summed E-state index contributed by atoms with van der Waals surface area (Å²) in [6.45, 7) is 5.69. The molecular formula is C30H30FN5O4S2. The fraction of sp³-hybridized carbons (Fsp3) is 0.300. The van der Waals surface area contributed by atoms with Gasteiger partial charge in [-0.15, -0.1) is 21.5 Å². The first-order valence-electron chi connectivity index (χ1n) is 13.6. The second-order valence-corrected chi connectivity index (χ2v) is 12.2. The number of aryl methyl sites for hydroxylation is 2. The van der Waals surface area contributed by atoms with Gasteiger partial charge in [-0.2, -0.15) is 0 Å². The summed E-state index contributed by atoms with van der Waals surface area (Å²) in [6, 6.07) is 13.0. The SMILES string of the molecule is CCOC(=O)c1c(NC(=O)[C@H](C)Sc2nnc(CNC(=O)c3cccc(C)c3)n2-c2ccc(F)cc2)sc2c1CCC2. The van der Waals surface area contributed by atoms with E-state index in [-0.39, 0.29) is 25.0 Å². The Hall–Kier alpha value is -4.03. The van der Waals surface area contributed by atoms with Crippen LogP contribution in [0.1, 0.15) is 62.8 Å². The average molecular weight is 608 g/mol. The molecule has 0 radical (unpaired) electrons. The van der Waals surface area contributed by atoms with Crippen LogP contribution in [0.15, 0.2) is 53.7 Å². The third-order valence-corrected chi connectivity index (χ3v) is 9.01. The lowest BCUT2D eigenvalue weighted by atomic mass is 10.1. The zero-order chi connectivity index (χ0) is 29.8. The van der Waals surface area contributed by atoms with E-state index < -0.39 is 17.0 Å². The maximum absolute atomic E-state index is 13.7. The standard InChI is InChI=1S/C30H30FN5O4S2/c1-4-40-29(39)25-22-9-6-10-23(22)42-28(25)33-26(37)18(3)41-30-35-34-24(36(30)21-13-11-20(31)12-14-21)16-32-27(38)19-8-5-7-17(2)15-19/h5,7-8,11-15,18H,4,6,9-10,16H2,1-3H3,(H,32,38)(H,33,37)/t18-/m0/s1. The highest BCUT2D eigenvalue weighted by Crippen LogP contribution is 2.40. The topological polar surface area (TPSA) is 115 Å². The number of carbonyl (C=O) groups excluding carboxylic acids is 3. The first-order valence-corrected chi connectivity index (χ1v) is 15.3. The first kappa shape index (κ1) is 29.5. The van der Waals surface area contributed by atoms with E-state index in [0.29, 0.717) is 32.8 Å². The lowest BCUT2D eigenvalue weighted by Gasteiger charge is -2.14. The summed E-state index contributed by atoms with van der Waals surface area (Å²) in [6.07, 6.45) is 2.63. The van der Waals surface area contributed by atoms with Crippen molar-refractivity contribution in [2.24, 2.45) is 0 Å². The number of rotatable bonds is 10. The molecule has 9 nitrogen and oxygen atoms in total. The number of fused-ring (bicyclic) bond motifs is 1. The van der Waals surface area contributed by atoms with Gasteiger partial charge in [0.2, 0.25) is 5.91 Å². The first-order chi connectivity index (χ1) is 20.2. The van der Waals surface area contributed by atoms with Crippen molar-refractivity contribution in [3.63, 3.8) is 0 Å². The number of esters is 1. The summed E-state index contributed by atoms with van der Waals surface area (Å²) < 4.78 is 20.7. The third-order valence-electron chi connectivity index (χ3n) is 6.76.